The van der Waals surface area contributed by atoms with Gasteiger partial charge in [0.25, 0.3) is 0 Å². The summed E-state index contributed by atoms with van der Waals surface area (Å²) in [4.78, 5) is 11.1. The van der Waals surface area contributed by atoms with Crippen LogP contribution in [0.3, 0.4) is 0 Å². The summed E-state index contributed by atoms with van der Waals surface area (Å²) >= 11 is 1.62. The number of nitrogens with one attached hydrogen (secondary N) is 2. The van der Waals surface area contributed by atoms with Crippen molar-refractivity contribution in [1.82, 2.24) is 9.97 Å². The summed E-state index contributed by atoms with van der Waals surface area (Å²) in [5.41, 5.74) is 4.91. The van der Waals surface area contributed by atoms with Crippen LogP contribution in [0, 0.1) is 6.92 Å². The molecule has 0 bridgehead atoms. The third-order valence-electron chi connectivity index (χ3n) is 5.06. The number of aryl methyl sites for hydroxylation is 2. The number of pyridine rings is 1. The first kappa shape index (κ1) is 22.2. The van der Waals surface area contributed by atoms with Gasteiger partial charge < -0.3 is 5.32 Å². The molecule has 32 heavy (non-hydrogen) atoms. The molecule has 2 heterocycles. The fourth-order valence-corrected chi connectivity index (χ4v) is 5.26. The average Bonchev–Trinajstić information content (AvgIpc) is 3.20. The summed E-state index contributed by atoms with van der Waals surface area (Å²) in [7, 11) is -1.35. The van der Waals surface area contributed by atoms with Crippen LogP contribution in [-0.2, 0) is 23.8 Å². The van der Waals surface area contributed by atoms with Gasteiger partial charge in [0.2, 0.25) is 0 Å². The normalized spacial score (nSPS) is 11.8. The van der Waals surface area contributed by atoms with E-state index in [4.69, 9.17) is 4.98 Å². The van der Waals surface area contributed by atoms with E-state index in [9.17, 15) is 4.21 Å². The smallest absolute Gasteiger partial charge is 0.183 e. The van der Waals surface area contributed by atoms with Crippen LogP contribution in [0.4, 0.5) is 10.8 Å². The summed E-state index contributed by atoms with van der Waals surface area (Å²) in [5, 5.41) is 4.34. The summed E-state index contributed by atoms with van der Waals surface area (Å²) in [5.74, 6) is 0. The minimum absolute atomic E-state index is 0.735. The van der Waals surface area contributed by atoms with E-state index in [2.05, 4.69) is 39.3 Å². The zero-order valence-corrected chi connectivity index (χ0v) is 19.8. The Labute approximate surface area is 195 Å². The largest absolute Gasteiger partial charge is 0.361 e. The number of hydrogen-bond acceptors (Lipinski definition) is 5. The molecule has 1 unspecified atom stereocenters. The lowest BCUT2D eigenvalue weighted by Crippen LogP contribution is -2.08. The van der Waals surface area contributed by atoms with Gasteiger partial charge in [-0.1, -0.05) is 66.8 Å². The van der Waals surface area contributed by atoms with Crippen LogP contribution in [-0.4, -0.2) is 20.7 Å². The maximum atomic E-state index is 12.8. The van der Waals surface area contributed by atoms with Gasteiger partial charge in [-0.15, -0.1) is 0 Å². The lowest BCUT2D eigenvalue weighted by Gasteiger charge is -2.11. The van der Waals surface area contributed by atoms with Gasteiger partial charge in [0.05, 0.1) is 26.8 Å². The van der Waals surface area contributed by atoms with Crippen LogP contribution < -0.4 is 10.0 Å². The maximum Gasteiger partial charge on any atom is 0.183 e. The Morgan fingerprint density at radius 3 is 2.47 bits per heavy atom. The molecule has 0 saturated carbocycles. The van der Waals surface area contributed by atoms with Gasteiger partial charge in [0, 0.05) is 18.3 Å². The van der Waals surface area contributed by atoms with Crippen molar-refractivity contribution in [1.29, 1.82) is 0 Å². The van der Waals surface area contributed by atoms with Crippen LogP contribution in [0.1, 0.15) is 23.9 Å². The van der Waals surface area contributed by atoms with E-state index in [-0.39, 0.29) is 0 Å². The molecule has 0 saturated heterocycles. The molecule has 0 aliphatic carbocycles. The second kappa shape index (κ2) is 10.5. The molecule has 0 aliphatic rings. The highest BCUT2D eigenvalue weighted by molar-refractivity contribution is 7.86. The Morgan fingerprint density at radius 2 is 1.75 bits per heavy atom. The molecule has 4 rings (SSSR count). The Kier molecular flexibility index (Phi) is 7.29. The molecule has 0 amide bonds. The quantitative estimate of drug-likeness (QED) is 0.327. The zero-order valence-electron chi connectivity index (χ0n) is 18.2. The number of anilines is 2. The third kappa shape index (κ3) is 5.41. The molecule has 4 aromatic rings. The number of aromatic nitrogens is 2. The highest BCUT2D eigenvalue weighted by Gasteiger charge is 2.14. The third-order valence-corrected chi connectivity index (χ3v) is 7.33. The topological polar surface area (TPSA) is 66.9 Å². The molecular formula is C25H26N4OS2. The minimum atomic E-state index is -1.35. The monoisotopic (exact) mass is 462 g/mol. The lowest BCUT2D eigenvalue weighted by atomic mass is 10.1. The van der Waals surface area contributed by atoms with E-state index in [1.165, 1.54) is 5.56 Å². The first-order chi connectivity index (χ1) is 15.6. The van der Waals surface area contributed by atoms with E-state index in [1.807, 2.05) is 62.5 Å². The van der Waals surface area contributed by atoms with Gasteiger partial charge in [-0.2, -0.15) is 0 Å². The molecular weight excluding hydrogens is 436 g/mol. The van der Waals surface area contributed by atoms with Crippen molar-refractivity contribution in [2.45, 2.75) is 31.6 Å². The fraction of sp³-hybridized carbons (Fsp3) is 0.200. The Morgan fingerprint density at radius 1 is 1.03 bits per heavy atom. The van der Waals surface area contributed by atoms with Crippen LogP contribution in [0.5, 0.6) is 0 Å². The second-order valence-electron chi connectivity index (χ2n) is 7.35. The molecule has 0 aliphatic heterocycles. The summed E-state index contributed by atoms with van der Waals surface area (Å²) < 4.78 is 15.9. The number of benzene rings is 2. The summed E-state index contributed by atoms with van der Waals surface area (Å²) in [6, 6.07) is 21.8. The van der Waals surface area contributed by atoms with E-state index in [0.717, 1.165) is 56.9 Å². The molecule has 5 nitrogen and oxygen atoms in total. The van der Waals surface area contributed by atoms with Crippen molar-refractivity contribution < 1.29 is 4.21 Å². The Bertz CT molecular complexity index is 1190. The number of thiazole rings is 1. The van der Waals surface area contributed by atoms with Gasteiger partial charge in [0.1, 0.15) is 11.0 Å². The minimum Gasteiger partial charge on any atom is -0.361 e. The summed E-state index contributed by atoms with van der Waals surface area (Å²) in [6.07, 6.45) is 3.58. The van der Waals surface area contributed by atoms with Gasteiger partial charge in [-0.3, -0.25) is 9.71 Å². The maximum absolute atomic E-state index is 12.8. The molecule has 164 valence electrons. The number of hydrogen-bond donors (Lipinski definition) is 2. The predicted molar refractivity (Wildman–Crippen MR) is 135 cm³/mol. The van der Waals surface area contributed by atoms with E-state index >= 15 is 0 Å². The van der Waals surface area contributed by atoms with E-state index in [0.29, 0.717) is 0 Å². The standard InChI is InChI=1S/C25H26N4OS2/c1-3-22-23(29-32(30)21-12-8-5-9-13-21)16-20(17-27-22)24-18(2)28-25(31-24)26-15-14-19-10-6-4-7-11-19/h4-13,16-17,29H,3,14-15H2,1-2H3,(H,26,28). The number of nitrogens with zero attached hydrogens (tertiary/aromatic N) is 2. The lowest BCUT2D eigenvalue weighted by molar-refractivity contribution is 0.686. The Balaban J connectivity index is 1.50. The van der Waals surface area contributed by atoms with E-state index < -0.39 is 11.0 Å². The average molecular weight is 463 g/mol. The van der Waals surface area contributed by atoms with Crippen LogP contribution in [0.2, 0.25) is 0 Å². The van der Waals surface area contributed by atoms with Crippen LogP contribution >= 0.6 is 11.3 Å². The van der Waals surface area contributed by atoms with Crippen molar-refractivity contribution >= 4 is 33.1 Å². The second-order valence-corrected chi connectivity index (χ2v) is 9.56. The van der Waals surface area contributed by atoms with Crippen molar-refractivity contribution in [2.75, 3.05) is 16.6 Å². The number of rotatable bonds is 9. The highest BCUT2D eigenvalue weighted by Crippen LogP contribution is 2.34. The molecule has 2 aromatic carbocycles. The summed E-state index contributed by atoms with van der Waals surface area (Å²) in [6.45, 7) is 4.88. The van der Waals surface area contributed by atoms with Crippen LogP contribution in [0.15, 0.2) is 77.8 Å². The van der Waals surface area contributed by atoms with Crippen molar-refractivity contribution in [3.63, 3.8) is 0 Å². The molecule has 0 radical (unpaired) electrons. The Hall–Kier alpha value is -3.03. The van der Waals surface area contributed by atoms with Crippen molar-refractivity contribution in [3.05, 3.63) is 89.9 Å². The van der Waals surface area contributed by atoms with Crippen molar-refractivity contribution in [2.24, 2.45) is 0 Å². The van der Waals surface area contributed by atoms with Crippen LogP contribution in [0.25, 0.3) is 10.4 Å². The molecule has 1 atom stereocenters. The molecule has 0 spiro atoms. The first-order valence-electron chi connectivity index (χ1n) is 10.6. The molecule has 7 heteroatoms. The van der Waals surface area contributed by atoms with Gasteiger partial charge in [0.15, 0.2) is 5.13 Å². The van der Waals surface area contributed by atoms with Gasteiger partial charge >= 0.3 is 0 Å². The zero-order chi connectivity index (χ0) is 22.3. The van der Waals surface area contributed by atoms with Gasteiger partial charge in [-0.25, -0.2) is 9.19 Å². The highest BCUT2D eigenvalue weighted by atomic mass is 32.2. The fourth-order valence-electron chi connectivity index (χ4n) is 3.39. The molecule has 2 aromatic heterocycles. The van der Waals surface area contributed by atoms with Crippen molar-refractivity contribution in [3.8, 4) is 10.4 Å². The predicted octanol–water partition coefficient (Wildman–Crippen LogP) is 5.87. The molecule has 2 N–H and O–H groups in total. The molecule has 0 fully saturated rings. The van der Waals surface area contributed by atoms with Gasteiger partial charge in [-0.05, 0) is 43.5 Å². The first-order valence-corrected chi connectivity index (χ1v) is 12.6. The van der Waals surface area contributed by atoms with E-state index in [1.54, 1.807) is 11.3 Å². The SMILES string of the molecule is CCc1ncc(-c2sc(NCCc3ccccc3)nc2C)cc1NS(=O)c1ccccc1.